The van der Waals surface area contributed by atoms with E-state index in [0.717, 1.165) is 12.0 Å². The topological polar surface area (TPSA) is 12.0 Å². The molecule has 0 radical (unpaired) electrons. The highest BCUT2D eigenvalue weighted by Gasteiger charge is 2.23. The van der Waals surface area contributed by atoms with Crippen molar-refractivity contribution in [2.75, 3.05) is 18.1 Å². The van der Waals surface area contributed by atoms with Crippen molar-refractivity contribution in [2.24, 2.45) is 5.92 Å². The van der Waals surface area contributed by atoms with Crippen LogP contribution in [0.25, 0.3) is 0 Å². The Morgan fingerprint density at radius 1 is 1.30 bits per heavy atom. The summed E-state index contributed by atoms with van der Waals surface area (Å²) < 4.78 is 0. The quantitative estimate of drug-likeness (QED) is 0.666. The SMILES string of the molecule is C1C[C@@H](NCC2CC2)CS1. The van der Waals surface area contributed by atoms with Gasteiger partial charge in [-0.3, -0.25) is 0 Å². The molecule has 1 aliphatic heterocycles. The predicted molar refractivity (Wildman–Crippen MR) is 46.5 cm³/mol. The summed E-state index contributed by atoms with van der Waals surface area (Å²) in [6.07, 6.45) is 4.36. The molecule has 58 valence electrons. The molecular formula is C8H15NS. The Morgan fingerprint density at radius 3 is 2.80 bits per heavy atom. The van der Waals surface area contributed by atoms with Crippen molar-refractivity contribution >= 4 is 11.8 Å². The Kier molecular flexibility index (Phi) is 2.19. The zero-order valence-corrected chi connectivity index (χ0v) is 7.12. The fraction of sp³-hybridized carbons (Fsp3) is 1.00. The standard InChI is InChI=1S/C8H15NS/c1-2-7(1)5-9-8-3-4-10-6-8/h7-9H,1-6H2/t8-/m1/s1. The maximum Gasteiger partial charge on any atom is 0.0166 e. The van der Waals surface area contributed by atoms with Crippen molar-refractivity contribution in [3.8, 4) is 0 Å². The van der Waals surface area contributed by atoms with E-state index in [-0.39, 0.29) is 0 Å². The molecule has 2 fully saturated rings. The van der Waals surface area contributed by atoms with E-state index in [0.29, 0.717) is 0 Å². The van der Waals surface area contributed by atoms with Gasteiger partial charge in [-0.1, -0.05) is 0 Å². The minimum absolute atomic E-state index is 0.852. The van der Waals surface area contributed by atoms with Crippen LogP contribution < -0.4 is 5.32 Å². The molecule has 2 heteroatoms. The van der Waals surface area contributed by atoms with Gasteiger partial charge in [0, 0.05) is 11.8 Å². The summed E-state index contributed by atoms with van der Waals surface area (Å²) in [7, 11) is 0. The number of rotatable bonds is 3. The van der Waals surface area contributed by atoms with E-state index < -0.39 is 0 Å². The van der Waals surface area contributed by atoms with Gasteiger partial charge in [-0.2, -0.15) is 11.8 Å². The van der Waals surface area contributed by atoms with Gasteiger partial charge >= 0.3 is 0 Å². The van der Waals surface area contributed by atoms with Crippen molar-refractivity contribution in [2.45, 2.75) is 25.3 Å². The molecule has 1 saturated heterocycles. The molecule has 0 aromatic carbocycles. The molecule has 0 aromatic rings. The van der Waals surface area contributed by atoms with Gasteiger partial charge in [0.05, 0.1) is 0 Å². The van der Waals surface area contributed by atoms with Crippen molar-refractivity contribution in [1.82, 2.24) is 5.32 Å². The molecule has 2 aliphatic rings. The first-order chi connectivity index (χ1) is 4.95. The third-order valence-corrected chi connectivity index (χ3v) is 3.48. The second-order valence-electron chi connectivity index (χ2n) is 3.41. The lowest BCUT2D eigenvalue weighted by molar-refractivity contribution is 0.536. The molecule has 2 rings (SSSR count). The van der Waals surface area contributed by atoms with Gasteiger partial charge in [0.25, 0.3) is 0 Å². The van der Waals surface area contributed by atoms with Crippen LogP contribution in [0.1, 0.15) is 19.3 Å². The van der Waals surface area contributed by atoms with Crippen LogP contribution >= 0.6 is 11.8 Å². The number of thioether (sulfide) groups is 1. The highest BCUT2D eigenvalue weighted by molar-refractivity contribution is 7.99. The van der Waals surface area contributed by atoms with Crippen LogP contribution in [0.3, 0.4) is 0 Å². The lowest BCUT2D eigenvalue weighted by Crippen LogP contribution is -2.30. The maximum absolute atomic E-state index is 3.62. The Balaban J connectivity index is 1.59. The molecule has 1 N–H and O–H groups in total. The molecule has 1 heterocycles. The van der Waals surface area contributed by atoms with Gasteiger partial charge in [-0.15, -0.1) is 0 Å². The normalized spacial score (nSPS) is 33.0. The number of hydrogen-bond acceptors (Lipinski definition) is 2. The van der Waals surface area contributed by atoms with Crippen molar-refractivity contribution in [1.29, 1.82) is 0 Å². The monoisotopic (exact) mass is 157 g/mol. The fourth-order valence-electron chi connectivity index (χ4n) is 1.35. The summed E-state index contributed by atoms with van der Waals surface area (Å²) in [4.78, 5) is 0. The van der Waals surface area contributed by atoms with E-state index in [4.69, 9.17) is 0 Å². The molecule has 0 amide bonds. The summed E-state index contributed by atoms with van der Waals surface area (Å²) in [5.41, 5.74) is 0. The zero-order chi connectivity index (χ0) is 6.81. The lowest BCUT2D eigenvalue weighted by atomic mass is 10.2. The van der Waals surface area contributed by atoms with Crippen molar-refractivity contribution < 1.29 is 0 Å². The summed E-state index contributed by atoms with van der Waals surface area (Å²) in [5.74, 6) is 3.78. The molecule has 0 spiro atoms. The van der Waals surface area contributed by atoms with Gasteiger partial charge in [-0.05, 0) is 37.5 Å². The third-order valence-electron chi connectivity index (χ3n) is 2.32. The van der Waals surface area contributed by atoms with Crippen molar-refractivity contribution in [3.05, 3.63) is 0 Å². The Bertz CT molecular complexity index is 106. The highest BCUT2D eigenvalue weighted by atomic mass is 32.2. The molecule has 0 unspecified atom stereocenters. The second kappa shape index (κ2) is 3.14. The summed E-state index contributed by atoms with van der Waals surface area (Å²) >= 11 is 2.09. The third kappa shape index (κ3) is 1.89. The zero-order valence-electron chi connectivity index (χ0n) is 6.31. The molecular weight excluding hydrogens is 142 g/mol. The van der Waals surface area contributed by atoms with Gasteiger partial charge < -0.3 is 5.32 Å². The molecule has 1 nitrogen and oxygen atoms in total. The first-order valence-corrected chi connectivity index (χ1v) is 5.42. The number of hydrogen-bond donors (Lipinski definition) is 1. The minimum atomic E-state index is 0.852. The smallest absolute Gasteiger partial charge is 0.0166 e. The van der Waals surface area contributed by atoms with Crippen molar-refractivity contribution in [3.63, 3.8) is 0 Å². The van der Waals surface area contributed by atoms with Gasteiger partial charge in [0.15, 0.2) is 0 Å². The van der Waals surface area contributed by atoms with Gasteiger partial charge in [0.2, 0.25) is 0 Å². The summed E-state index contributed by atoms with van der Waals surface area (Å²) in [6.45, 7) is 1.30. The van der Waals surface area contributed by atoms with E-state index in [9.17, 15) is 0 Å². The van der Waals surface area contributed by atoms with Crippen LogP contribution in [-0.4, -0.2) is 24.1 Å². The molecule has 1 saturated carbocycles. The van der Waals surface area contributed by atoms with Crippen LogP contribution in [0.5, 0.6) is 0 Å². The molecule has 0 bridgehead atoms. The van der Waals surface area contributed by atoms with Crippen LogP contribution in [0.4, 0.5) is 0 Å². The minimum Gasteiger partial charge on any atom is -0.313 e. The van der Waals surface area contributed by atoms with Gasteiger partial charge in [0.1, 0.15) is 0 Å². The average molecular weight is 157 g/mol. The van der Waals surface area contributed by atoms with Crippen LogP contribution in [0.2, 0.25) is 0 Å². The van der Waals surface area contributed by atoms with E-state index >= 15 is 0 Å². The van der Waals surface area contributed by atoms with E-state index in [1.54, 1.807) is 0 Å². The fourth-order valence-corrected chi connectivity index (χ4v) is 2.54. The van der Waals surface area contributed by atoms with E-state index in [2.05, 4.69) is 17.1 Å². The van der Waals surface area contributed by atoms with E-state index in [1.807, 2.05) is 0 Å². The number of nitrogens with one attached hydrogen (secondary N) is 1. The Morgan fingerprint density at radius 2 is 2.20 bits per heavy atom. The lowest BCUT2D eigenvalue weighted by Gasteiger charge is -2.09. The molecule has 1 aliphatic carbocycles. The van der Waals surface area contributed by atoms with Crippen LogP contribution in [0, 0.1) is 5.92 Å². The summed E-state index contributed by atoms with van der Waals surface area (Å²) in [6, 6.07) is 0.852. The first-order valence-electron chi connectivity index (χ1n) is 4.26. The molecule has 0 aromatic heterocycles. The largest absolute Gasteiger partial charge is 0.313 e. The first kappa shape index (κ1) is 6.99. The van der Waals surface area contributed by atoms with Crippen LogP contribution in [-0.2, 0) is 0 Å². The molecule has 10 heavy (non-hydrogen) atoms. The summed E-state index contributed by atoms with van der Waals surface area (Å²) in [5, 5.41) is 3.62. The molecule has 1 atom stereocenters. The van der Waals surface area contributed by atoms with Crippen LogP contribution in [0.15, 0.2) is 0 Å². The Labute approximate surface area is 67.0 Å². The highest BCUT2D eigenvalue weighted by Crippen LogP contribution is 2.28. The van der Waals surface area contributed by atoms with E-state index in [1.165, 1.54) is 37.3 Å². The Hall–Kier alpha value is 0.310. The maximum atomic E-state index is 3.62. The average Bonchev–Trinajstić information content (AvgIpc) is 2.63. The predicted octanol–water partition coefficient (Wildman–Crippen LogP) is 1.49. The second-order valence-corrected chi connectivity index (χ2v) is 4.56. The van der Waals surface area contributed by atoms with Gasteiger partial charge in [-0.25, -0.2) is 0 Å².